The number of benzene rings is 3. The van der Waals surface area contributed by atoms with E-state index in [0.717, 1.165) is 15.4 Å². The van der Waals surface area contributed by atoms with Gasteiger partial charge in [0.2, 0.25) is 11.8 Å². The molecule has 0 fully saturated rings. The lowest BCUT2D eigenvalue weighted by atomic mass is 10.1. The van der Waals surface area contributed by atoms with Crippen molar-refractivity contribution in [2.75, 3.05) is 18.0 Å². The Morgan fingerprint density at radius 2 is 1.60 bits per heavy atom. The number of methoxy groups -OCH3 is 1. The molecule has 0 aliphatic heterocycles. The Bertz CT molecular complexity index is 1510. The number of hydrogen-bond donors (Lipinski definition) is 1. The minimum atomic E-state index is -4.28. The first-order valence-electron chi connectivity index (χ1n) is 13.4. The van der Waals surface area contributed by atoms with E-state index < -0.39 is 34.1 Å². The average Bonchev–Trinajstić information content (AvgIpc) is 2.92. The molecule has 1 N–H and O–H groups in total. The van der Waals surface area contributed by atoms with Crippen LogP contribution in [0, 0.1) is 6.92 Å². The van der Waals surface area contributed by atoms with Crippen LogP contribution < -0.4 is 14.4 Å². The summed E-state index contributed by atoms with van der Waals surface area (Å²) < 4.78 is 34.2. The molecule has 0 aliphatic rings. The van der Waals surface area contributed by atoms with Crippen molar-refractivity contribution >= 4 is 50.7 Å². The predicted octanol–water partition coefficient (Wildman–Crippen LogP) is 6.23. The number of rotatable bonds is 11. The van der Waals surface area contributed by atoms with E-state index >= 15 is 0 Å². The summed E-state index contributed by atoms with van der Waals surface area (Å²) in [5, 5.41) is 3.30. The number of carbonyl (C=O) groups excluding carboxylic acids is 2. The number of nitrogens with zero attached hydrogens (tertiary/aromatic N) is 2. The fourth-order valence-electron chi connectivity index (χ4n) is 4.33. The minimum absolute atomic E-state index is 0.0174. The molecule has 3 aromatic rings. The van der Waals surface area contributed by atoms with Crippen molar-refractivity contribution in [1.29, 1.82) is 0 Å². The lowest BCUT2D eigenvalue weighted by Crippen LogP contribution is -2.55. The molecule has 1 atom stereocenters. The zero-order valence-electron chi connectivity index (χ0n) is 24.6. The minimum Gasteiger partial charge on any atom is -0.497 e. The molecule has 0 saturated heterocycles. The standard InChI is InChI=1S/C31H37Cl2N3O5S/c1-7-27(30(38)34-31(3,4)5)35(19-22-10-13-24(41-6)14-11-22)29(37)20-36(28-18-23(32)12-17-26(28)33)42(39,40)25-15-8-21(2)9-16-25/h8-18,27H,7,19-20H2,1-6H3,(H,34,38)/t27-/m0/s1. The van der Waals surface area contributed by atoms with Crippen molar-refractivity contribution in [3.8, 4) is 5.75 Å². The van der Waals surface area contributed by atoms with Gasteiger partial charge in [0.05, 0.1) is 22.7 Å². The molecule has 11 heteroatoms. The number of amides is 2. The Hall–Kier alpha value is -3.27. The van der Waals surface area contributed by atoms with Gasteiger partial charge in [0.1, 0.15) is 18.3 Å². The largest absolute Gasteiger partial charge is 0.497 e. The van der Waals surface area contributed by atoms with E-state index in [9.17, 15) is 18.0 Å². The first-order valence-corrected chi connectivity index (χ1v) is 15.6. The van der Waals surface area contributed by atoms with Crippen LogP contribution in [-0.4, -0.2) is 50.4 Å². The van der Waals surface area contributed by atoms with E-state index in [4.69, 9.17) is 27.9 Å². The van der Waals surface area contributed by atoms with Gasteiger partial charge in [-0.2, -0.15) is 0 Å². The van der Waals surface area contributed by atoms with Gasteiger partial charge in [-0.05, 0) is 82.1 Å². The molecule has 3 rings (SSSR count). The summed E-state index contributed by atoms with van der Waals surface area (Å²) >= 11 is 12.7. The molecule has 226 valence electrons. The molecule has 2 amide bonds. The fourth-order valence-corrected chi connectivity index (χ4v) is 6.19. The van der Waals surface area contributed by atoms with Crippen LogP contribution in [0.4, 0.5) is 5.69 Å². The van der Waals surface area contributed by atoms with Gasteiger partial charge in [0.25, 0.3) is 10.0 Å². The van der Waals surface area contributed by atoms with Crippen molar-refractivity contribution in [3.05, 3.63) is 87.9 Å². The molecule has 42 heavy (non-hydrogen) atoms. The Kier molecular flexibility index (Phi) is 10.9. The van der Waals surface area contributed by atoms with Crippen LogP contribution in [0.25, 0.3) is 0 Å². The van der Waals surface area contributed by atoms with Crippen LogP contribution in [0.15, 0.2) is 71.6 Å². The SMILES string of the molecule is CC[C@@H](C(=O)NC(C)(C)C)N(Cc1ccc(OC)cc1)C(=O)CN(c1cc(Cl)ccc1Cl)S(=O)(=O)c1ccc(C)cc1. The van der Waals surface area contributed by atoms with Crippen LogP contribution in [-0.2, 0) is 26.2 Å². The molecule has 3 aromatic carbocycles. The van der Waals surface area contributed by atoms with Crippen molar-refractivity contribution in [2.24, 2.45) is 0 Å². The first-order chi connectivity index (χ1) is 19.7. The van der Waals surface area contributed by atoms with Crippen LogP contribution in [0.3, 0.4) is 0 Å². The third kappa shape index (κ3) is 8.40. The first kappa shape index (κ1) is 33.2. The summed E-state index contributed by atoms with van der Waals surface area (Å²) in [5.41, 5.74) is 1.11. The molecule has 0 radical (unpaired) electrons. The third-order valence-electron chi connectivity index (χ3n) is 6.46. The monoisotopic (exact) mass is 633 g/mol. The Morgan fingerprint density at radius 1 is 0.976 bits per heavy atom. The number of aryl methyl sites for hydroxylation is 1. The zero-order valence-corrected chi connectivity index (χ0v) is 27.0. The van der Waals surface area contributed by atoms with Crippen LogP contribution in [0.2, 0.25) is 10.0 Å². The second kappa shape index (κ2) is 13.8. The van der Waals surface area contributed by atoms with Crippen molar-refractivity contribution in [3.63, 3.8) is 0 Å². The number of sulfonamides is 1. The maximum atomic E-state index is 14.2. The van der Waals surface area contributed by atoms with Gasteiger partial charge in [-0.25, -0.2) is 8.42 Å². The Morgan fingerprint density at radius 3 is 2.14 bits per heavy atom. The summed E-state index contributed by atoms with van der Waals surface area (Å²) in [4.78, 5) is 29.0. The maximum Gasteiger partial charge on any atom is 0.264 e. The van der Waals surface area contributed by atoms with Gasteiger partial charge in [0.15, 0.2) is 0 Å². The van der Waals surface area contributed by atoms with E-state index in [2.05, 4.69) is 5.32 Å². The predicted molar refractivity (Wildman–Crippen MR) is 168 cm³/mol. The third-order valence-corrected chi connectivity index (χ3v) is 8.79. The topological polar surface area (TPSA) is 96.0 Å². The number of nitrogens with one attached hydrogen (secondary N) is 1. The van der Waals surface area contributed by atoms with E-state index in [1.54, 1.807) is 50.4 Å². The highest BCUT2D eigenvalue weighted by Gasteiger charge is 2.35. The van der Waals surface area contributed by atoms with Crippen LogP contribution >= 0.6 is 23.2 Å². The smallest absolute Gasteiger partial charge is 0.264 e. The molecule has 0 unspecified atom stereocenters. The molecular formula is C31H37Cl2N3O5S. The highest BCUT2D eigenvalue weighted by Crippen LogP contribution is 2.33. The molecule has 0 heterocycles. The summed E-state index contributed by atoms with van der Waals surface area (Å²) in [6.45, 7) is 8.64. The highest BCUT2D eigenvalue weighted by atomic mass is 35.5. The summed E-state index contributed by atoms with van der Waals surface area (Å²) in [5.74, 6) is -0.297. The van der Waals surface area contributed by atoms with E-state index in [-0.39, 0.29) is 33.1 Å². The number of anilines is 1. The summed E-state index contributed by atoms with van der Waals surface area (Å²) in [6, 6.07) is 16.9. The lowest BCUT2D eigenvalue weighted by Gasteiger charge is -2.35. The molecule has 0 bridgehead atoms. The van der Waals surface area contributed by atoms with E-state index in [1.165, 1.54) is 35.2 Å². The highest BCUT2D eigenvalue weighted by molar-refractivity contribution is 7.92. The van der Waals surface area contributed by atoms with Crippen molar-refractivity contribution in [1.82, 2.24) is 10.2 Å². The molecule has 0 aromatic heterocycles. The van der Waals surface area contributed by atoms with Gasteiger partial charge < -0.3 is 15.0 Å². The maximum absolute atomic E-state index is 14.2. The van der Waals surface area contributed by atoms with Gasteiger partial charge in [-0.15, -0.1) is 0 Å². The van der Waals surface area contributed by atoms with Gasteiger partial charge in [-0.3, -0.25) is 13.9 Å². The molecule has 0 saturated carbocycles. The number of halogens is 2. The zero-order chi connectivity index (χ0) is 31.2. The number of hydrogen-bond acceptors (Lipinski definition) is 5. The normalized spacial score (nSPS) is 12.4. The summed E-state index contributed by atoms with van der Waals surface area (Å²) in [7, 11) is -2.72. The van der Waals surface area contributed by atoms with Gasteiger partial charge in [0, 0.05) is 17.1 Å². The van der Waals surface area contributed by atoms with Gasteiger partial charge >= 0.3 is 0 Å². The van der Waals surface area contributed by atoms with Gasteiger partial charge in [-0.1, -0.05) is 60.0 Å². The van der Waals surface area contributed by atoms with E-state index in [0.29, 0.717) is 12.2 Å². The number of carbonyl (C=O) groups is 2. The second-order valence-corrected chi connectivity index (χ2v) is 13.7. The van der Waals surface area contributed by atoms with Crippen molar-refractivity contribution in [2.45, 2.75) is 64.1 Å². The van der Waals surface area contributed by atoms with Crippen LogP contribution in [0.5, 0.6) is 5.75 Å². The number of ether oxygens (including phenoxy) is 1. The van der Waals surface area contributed by atoms with E-state index in [1.807, 2.05) is 27.7 Å². The summed E-state index contributed by atoms with van der Waals surface area (Å²) in [6.07, 6.45) is 0.298. The molecular weight excluding hydrogens is 597 g/mol. The molecule has 0 spiro atoms. The lowest BCUT2D eigenvalue weighted by molar-refractivity contribution is -0.141. The fraction of sp³-hybridized carbons (Fsp3) is 0.355. The molecule has 0 aliphatic carbocycles. The Labute approximate surface area is 258 Å². The average molecular weight is 635 g/mol. The van der Waals surface area contributed by atoms with Crippen molar-refractivity contribution < 1.29 is 22.7 Å². The Balaban J connectivity index is 2.11. The van der Waals surface area contributed by atoms with Crippen LogP contribution in [0.1, 0.15) is 45.2 Å². The second-order valence-electron chi connectivity index (χ2n) is 11.0. The molecule has 8 nitrogen and oxygen atoms in total. The quantitative estimate of drug-likeness (QED) is 0.270.